The molecule has 0 atom stereocenters. The Morgan fingerprint density at radius 3 is 2.23 bits per heavy atom. The first kappa shape index (κ1) is 10.3. The van der Waals surface area contributed by atoms with E-state index in [1.807, 2.05) is 13.1 Å². The van der Waals surface area contributed by atoms with E-state index in [4.69, 9.17) is 4.43 Å². The molecule has 0 aliphatic carbocycles. The van der Waals surface area contributed by atoms with E-state index in [0.717, 1.165) is 11.3 Å². The van der Waals surface area contributed by atoms with Crippen LogP contribution in [0.2, 0.25) is 13.1 Å². The molecule has 0 amide bonds. The lowest BCUT2D eigenvalue weighted by Crippen LogP contribution is -2.43. The summed E-state index contributed by atoms with van der Waals surface area (Å²) in [5.74, 6) is -1.63. The molecule has 0 fully saturated rings. The lowest BCUT2D eigenvalue weighted by atomic mass is 10.3. The molecule has 0 saturated carbocycles. The number of halogens is 2. The van der Waals surface area contributed by atoms with Crippen molar-refractivity contribution in [1.29, 1.82) is 0 Å². The van der Waals surface area contributed by atoms with Crippen molar-refractivity contribution in [3.05, 3.63) is 29.8 Å². The average molecular weight is 202 g/mol. The smallest absolute Gasteiger partial charge is 0.217 e. The lowest BCUT2D eigenvalue weighted by molar-refractivity contribution is 0.416. The minimum Gasteiger partial charge on any atom is -0.416 e. The first-order valence-corrected chi connectivity index (χ1v) is 6.89. The average Bonchev–Trinajstić information content (AvgIpc) is 2.09. The molecule has 1 aromatic rings. The topological polar surface area (TPSA) is 9.23 Å². The van der Waals surface area contributed by atoms with Gasteiger partial charge in [0.2, 0.25) is 8.32 Å². The van der Waals surface area contributed by atoms with Gasteiger partial charge in [0.05, 0.1) is 0 Å². The van der Waals surface area contributed by atoms with Crippen molar-refractivity contribution in [3.63, 3.8) is 0 Å². The third-order valence-electron chi connectivity index (χ3n) is 2.13. The summed E-state index contributed by atoms with van der Waals surface area (Å²) in [7, 11) is -0.424. The van der Waals surface area contributed by atoms with Crippen LogP contribution in [0.5, 0.6) is 0 Å². The number of benzene rings is 1. The molecule has 0 aliphatic rings. The summed E-state index contributed by atoms with van der Waals surface area (Å²) < 4.78 is 30.7. The quantitative estimate of drug-likeness (QED) is 0.667. The van der Waals surface area contributed by atoms with Crippen LogP contribution >= 0.6 is 0 Å². The molecule has 72 valence electrons. The van der Waals surface area contributed by atoms with E-state index in [1.165, 1.54) is 6.07 Å². The van der Waals surface area contributed by atoms with Gasteiger partial charge in [0.15, 0.2) is 11.6 Å². The molecule has 1 nitrogen and oxygen atoms in total. The van der Waals surface area contributed by atoms with Crippen molar-refractivity contribution >= 4 is 13.5 Å². The molecule has 0 heterocycles. The zero-order valence-corrected chi connectivity index (χ0v) is 8.90. The summed E-state index contributed by atoms with van der Waals surface area (Å²) in [6.07, 6.45) is 0. The predicted molar refractivity (Wildman–Crippen MR) is 50.5 cm³/mol. The van der Waals surface area contributed by atoms with Gasteiger partial charge in [-0.15, -0.1) is 0 Å². The molecule has 1 aromatic carbocycles. The minimum absolute atomic E-state index is 0.758. The van der Waals surface area contributed by atoms with Crippen LogP contribution in [0.4, 0.5) is 8.78 Å². The van der Waals surface area contributed by atoms with Gasteiger partial charge in [0, 0.05) is 7.11 Å². The molecule has 1 rings (SSSR count). The zero-order chi connectivity index (χ0) is 10.1. The summed E-state index contributed by atoms with van der Waals surface area (Å²) in [5.41, 5.74) is 0. The summed E-state index contributed by atoms with van der Waals surface area (Å²) >= 11 is 0. The summed E-state index contributed by atoms with van der Waals surface area (Å²) in [4.78, 5) is 0. The second-order valence-electron chi connectivity index (χ2n) is 3.34. The Balaban J connectivity index is 3.10. The monoisotopic (exact) mass is 202 g/mol. The normalized spacial score (nSPS) is 11.8. The fourth-order valence-electron chi connectivity index (χ4n) is 0.988. The van der Waals surface area contributed by atoms with Gasteiger partial charge >= 0.3 is 0 Å². The van der Waals surface area contributed by atoms with Crippen LogP contribution in [0, 0.1) is 11.6 Å². The Morgan fingerprint density at radius 2 is 1.77 bits per heavy atom. The molecule has 0 N–H and O–H groups in total. The Labute approximate surface area is 77.5 Å². The maximum absolute atomic E-state index is 12.8. The highest BCUT2D eigenvalue weighted by molar-refractivity contribution is 6.84. The van der Waals surface area contributed by atoms with E-state index < -0.39 is 20.0 Å². The minimum atomic E-state index is -2.01. The largest absolute Gasteiger partial charge is 0.416 e. The van der Waals surface area contributed by atoms with Gasteiger partial charge < -0.3 is 4.43 Å². The number of rotatable bonds is 2. The third-order valence-corrected chi connectivity index (χ3v) is 4.85. The molecule has 0 spiro atoms. The predicted octanol–water partition coefficient (Wildman–Crippen LogP) is 2.02. The van der Waals surface area contributed by atoms with Crippen molar-refractivity contribution in [3.8, 4) is 0 Å². The highest BCUT2D eigenvalue weighted by Crippen LogP contribution is 2.08. The van der Waals surface area contributed by atoms with Gasteiger partial charge in [0.1, 0.15) is 0 Å². The second-order valence-corrected chi connectivity index (χ2v) is 7.35. The molecule has 0 saturated heterocycles. The van der Waals surface area contributed by atoms with Crippen LogP contribution < -0.4 is 5.19 Å². The Kier molecular flexibility index (Phi) is 2.83. The standard InChI is InChI=1S/C9H12F2OSi/c1-12-13(2,3)7-4-5-8(10)9(11)6-7/h4-6H,1-3H3. The van der Waals surface area contributed by atoms with Crippen LogP contribution in [-0.4, -0.2) is 15.4 Å². The highest BCUT2D eigenvalue weighted by atomic mass is 28.4. The maximum atomic E-state index is 12.8. The van der Waals surface area contributed by atoms with Gasteiger partial charge in [-0.1, -0.05) is 6.07 Å². The molecule has 0 radical (unpaired) electrons. The Bertz CT molecular complexity index is 312. The molecule has 13 heavy (non-hydrogen) atoms. The Hall–Kier alpha value is -0.743. The molecular weight excluding hydrogens is 190 g/mol. The van der Waals surface area contributed by atoms with E-state index in [2.05, 4.69) is 0 Å². The van der Waals surface area contributed by atoms with E-state index in [-0.39, 0.29) is 0 Å². The fraction of sp³-hybridized carbons (Fsp3) is 0.333. The van der Waals surface area contributed by atoms with Crippen molar-refractivity contribution in [2.45, 2.75) is 13.1 Å². The molecular formula is C9H12F2OSi. The first-order chi connectivity index (χ1) is 5.97. The van der Waals surface area contributed by atoms with Crippen LogP contribution in [0.3, 0.4) is 0 Å². The van der Waals surface area contributed by atoms with Crippen molar-refractivity contribution < 1.29 is 13.2 Å². The van der Waals surface area contributed by atoms with E-state index in [0.29, 0.717) is 0 Å². The van der Waals surface area contributed by atoms with Crippen LogP contribution in [-0.2, 0) is 4.43 Å². The second kappa shape index (κ2) is 3.55. The van der Waals surface area contributed by atoms with Gasteiger partial charge in [0.25, 0.3) is 0 Å². The van der Waals surface area contributed by atoms with Crippen molar-refractivity contribution in [2.75, 3.05) is 7.11 Å². The van der Waals surface area contributed by atoms with E-state index in [1.54, 1.807) is 13.2 Å². The van der Waals surface area contributed by atoms with Crippen molar-refractivity contribution in [1.82, 2.24) is 0 Å². The third kappa shape index (κ3) is 2.13. The lowest BCUT2D eigenvalue weighted by Gasteiger charge is -2.20. The fourth-order valence-corrected chi connectivity index (χ4v) is 2.18. The highest BCUT2D eigenvalue weighted by Gasteiger charge is 2.24. The zero-order valence-electron chi connectivity index (χ0n) is 7.90. The van der Waals surface area contributed by atoms with Crippen LogP contribution in [0.15, 0.2) is 18.2 Å². The SMILES string of the molecule is CO[Si](C)(C)c1ccc(F)c(F)c1. The van der Waals surface area contributed by atoms with E-state index >= 15 is 0 Å². The van der Waals surface area contributed by atoms with E-state index in [9.17, 15) is 8.78 Å². The number of hydrogen-bond acceptors (Lipinski definition) is 1. The Morgan fingerprint density at radius 1 is 1.15 bits per heavy atom. The molecule has 0 unspecified atom stereocenters. The summed E-state index contributed by atoms with van der Waals surface area (Å²) in [6.45, 7) is 3.86. The number of hydrogen-bond donors (Lipinski definition) is 0. The first-order valence-electron chi connectivity index (χ1n) is 3.98. The van der Waals surface area contributed by atoms with Gasteiger partial charge in [-0.3, -0.25) is 0 Å². The molecule has 4 heteroatoms. The van der Waals surface area contributed by atoms with Crippen LogP contribution in [0.25, 0.3) is 0 Å². The van der Waals surface area contributed by atoms with Crippen molar-refractivity contribution in [2.24, 2.45) is 0 Å². The van der Waals surface area contributed by atoms with Gasteiger partial charge in [-0.25, -0.2) is 8.78 Å². The summed E-state index contributed by atoms with van der Waals surface area (Å²) in [5, 5.41) is 0.758. The van der Waals surface area contributed by atoms with Crippen LogP contribution in [0.1, 0.15) is 0 Å². The van der Waals surface area contributed by atoms with Gasteiger partial charge in [-0.05, 0) is 30.4 Å². The molecule has 0 aromatic heterocycles. The molecule has 0 bridgehead atoms. The van der Waals surface area contributed by atoms with Gasteiger partial charge in [-0.2, -0.15) is 0 Å². The maximum Gasteiger partial charge on any atom is 0.217 e. The molecule has 0 aliphatic heterocycles. The summed E-state index contributed by atoms with van der Waals surface area (Å²) in [6, 6.07) is 3.93.